The van der Waals surface area contributed by atoms with Crippen molar-refractivity contribution in [2.75, 3.05) is 0 Å². The molecule has 3 aromatic carbocycles. The number of carbonyl (C=O) groups is 1. The van der Waals surface area contributed by atoms with Crippen LogP contribution in [0, 0.1) is 13.8 Å². The van der Waals surface area contributed by atoms with E-state index in [0.717, 1.165) is 37.5 Å². The number of aryl methyl sites for hydroxylation is 2. The highest BCUT2D eigenvalue weighted by Gasteiger charge is 2.14. The van der Waals surface area contributed by atoms with Gasteiger partial charge in [0.15, 0.2) is 5.78 Å². The molecule has 0 aromatic heterocycles. The molecule has 0 fully saturated rings. The quantitative estimate of drug-likeness (QED) is 0.568. The highest BCUT2D eigenvalue weighted by atomic mass is 79.9. The van der Waals surface area contributed by atoms with E-state index in [1.807, 2.05) is 68.4 Å². The highest BCUT2D eigenvalue weighted by Crippen LogP contribution is 2.26. The summed E-state index contributed by atoms with van der Waals surface area (Å²) < 4.78 is 1.07. The summed E-state index contributed by atoms with van der Waals surface area (Å²) in [4.78, 5) is 12.9. The molecule has 104 valence electrons. The molecule has 21 heavy (non-hydrogen) atoms. The second kappa shape index (κ2) is 5.45. The van der Waals surface area contributed by atoms with E-state index < -0.39 is 0 Å². The SMILES string of the molecule is Cc1cc(C(=O)c2cccc3ccccc23)cc(C)c1Br. The van der Waals surface area contributed by atoms with E-state index in [-0.39, 0.29) is 5.78 Å². The number of halogens is 1. The lowest BCUT2D eigenvalue weighted by Gasteiger charge is -2.09. The molecule has 2 heteroatoms. The third kappa shape index (κ3) is 2.52. The van der Waals surface area contributed by atoms with Gasteiger partial charge in [-0.25, -0.2) is 0 Å². The molecular weight excluding hydrogens is 324 g/mol. The molecule has 0 saturated heterocycles. The van der Waals surface area contributed by atoms with Gasteiger partial charge in [-0.15, -0.1) is 0 Å². The van der Waals surface area contributed by atoms with Crippen molar-refractivity contribution in [2.45, 2.75) is 13.8 Å². The van der Waals surface area contributed by atoms with Gasteiger partial charge in [0.1, 0.15) is 0 Å². The standard InChI is InChI=1S/C19H15BrO/c1-12-10-15(11-13(2)18(12)20)19(21)17-9-5-7-14-6-3-4-8-16(14)17/h3-11H,1-2H3. The van der Waals surface area contributed by atoms with Crippen LogP contribution in [0.4, 0.5) is 0 Å². The third-order valence-electron chi connectivity index (χ3n) is 3.73. The third-order valence-corrected chi connectivity index (χ3v) is 4.98. The van der Waals surface area contributed by atoms with E-state index in [1.54, 1.807) is 0 Å². The predicted octanol–water partition coefficient (Wildman–Crippen LogP) is 5.45. The van der Waals surface area contributed by atoms with Crippen molar-refractivity contribution >= 4 is 32.5 Å². The van der Waals surface area contributed by atoms with Crippen molar-refractivity contribution in [3.63, 3.8) is 0 Å². The van der Waals surface area contributed by atoms with Crippen LogP contribution in [0.25, 0.3) is 10.8 Å². The van der Waals surface area contributed by atoms with Crippen molar-refractivity contribution in [3.8, 4) is 0 Å². The average Bonchev–Trinajstić information content (AvgIpc) is 2.51. The average molecular weight is 339 g/mol. The van der Waals surface area contributed by atoms with Crippen LogP contribution in [0.1, 0.15) is 27.0 Å². The van der Waals surface area contributed by atoms with Gasteiger partial charge >= 0.3 is 0 Å². The fourth-order valence-electron chi connectivity index (χ4n) is 2.66. The summed E-state index contributed by atoms with van der Waals surface area (Å²) in [5, 5.41) is 2.09. The Bertz CT molecular complexity index is 821. The molecule has 0 saturated carbocycles. The van der Waals surface area contributed by atoms with Gasteiger partial charge < -0.3 is 0 Å². The van der Waals surface area contributed by atoms with Gasteiger partial charge in [-0.3, -0.25) is 4.79 Å². The molecule has 0 bridgehead atoms. The maximum absolute atomic E-state index is 12.9. The lowest BCUT2D eigenvalue weighted by molar-refractivity contribution is 0.104. The molecule has 0 N–H and O–H groups in total. The van der Waals surface area contributed by atoms with Crippen LogP contribution < -0.4 is 0 Å². The fourth-order valence-corrected chi connectivity index (χ4v) is 2.88. The number of fused-ring (bicyclic) bond motifs is 1. The van der Waals surface area contributed by atoms with Gasteiger partial charge in [0, 0.05) is 15.6 Å². The van der Waals surface area contributed by atoms with Crippen molar-refractivity contribution in [1.29, 1.82) is 0 Å². The molecule has 0 radical (unpaired) electrons. The largest absolute Gasteiger partial charge is 0.289 e. The van der Waals surface area contributed by atoms with Crippen LogP contribution in [0.15, 0.2) is 59.1 Å². The lowest BCUT2D eigenvalue weighted by Crippen LogP contribution is -2.03. The predicted molar refractivity (Wildman–Crippen MR) is 91.0 cm³/mol. The first-order valence-electron chi connectivity index (χ1n) is 6.87. The van der Waals surface area contributed by atoms with Gasteiger partial charge in [-0.1, -0.05) is 58.4 Å². The van der Waals surface area contributed by atoms with E-state index in [0.29, 0.717) is 0 Å². The summed E-state index contributed by atoms with van der Waals surface area (Å²) in [5.74, 6) is 0.0745. The minimum Gasteiger partial charge on any atom is -0.289 e. The molecule has 0 amide bonds. The second-order valence-electron chi connectivity index (χ2n) is 5.28. The van der Waals surface area contributed by atoms with E-state index in [1.165, 1.54) is 0 Å². The maximum atomic E-state index is 12.9. The molecule has 3 aromatic rings. The van der Waals surface area contributed by atoms with Crippen LogP contribution >= 0.6 is 15.9 Å². The minimum atomic E-state index is 0.0745. The highest BCUT2D eigenvalue weighted by molar-refractivity contribution is 9.10. The molecule has 0 spiro atoms. The number of rotatable bonds is 2. The van der Waals surface area contributed by atoms with Crippen molar-refractivity contribution in [3.05, 3.63) is 81.3 Å². The maximum Gasteiger partial charge on any atom is 0.193 e. The molecule has 3 rings (SSSR count). The Morgan fingerprint density at radius 2 is 1.52 bits per heavy atom. The number of ketones is 1. The van der Waals surface area contributed by atoms with Gasteiger partial charge in [0.05, 0.1) is 0 Å². The lowest BCUT2D eigenvalue weighted by atomic mass is 9.95. The summed E-state index contributed by atoms with van der Waals surface area (Å²) in [6.07, 6.45) is 0. The molecule has 0 heterocycles. The zero-order valence-electron chi connectivity index (χ0n) is 12.0. The van der Waals surface area contributed by atoms with Crippen molar-refractivity contribution < 1.29 is 4.79 Å². The normalized spacial score (nSPS) is 10.8. The summed E-state index contributed by atoms with van der Waals surface area (Å²) in [6.45, 7) is 4.02. The summed E-state index contributed by atoms with van der Waals surface area (Å²) in [5.41, 5.74) is 3.66. The number of hydrogen-bond acceptors (Lipinski definition) is 1. The Morgan fingerprint density at radius 3 is 2.24 bits per heavy atom. The molecule has 0 unspecified atom stereocenters. The van der Waals surface area contributed by atoms with Gasteiger partial charge in [0.2, 0.25) is 0 Å². The van der Waals surface area contributed by atoms with E-state index in [9.17, 15) is 4.79 Å². The molecular formula is C19H15BrO. The Kier molecular flexibility index (Phi) is 3.64. The fraction of sp³-hybridized carbons (Fsp3) is 0.105. The Balaban J connectivity index is 2.17. The summed E-state index contributed by atoms with van der Waals surface area (Å²) in [7, 11) is 0. The van der Waals surface area contributed by atoms with E-state index >= 15 is 0 Å². The van der Waals surface area contributed by atoms with E-state index in [2.05, 4.69) is 15.9 Å². The van der Waals surface area contributed by atoms with Crippen LogP contribution in [0.5, 0.6) is 0 Å². The molecule has 0 aliphatic carbocycles. The second-order valence-corrected chi connectivity index (χ2v) is 6.07. The number of benzene rings is 3. The van der Waals surface area contributed by atoms with Crippen LogP contribution in [-0.2, 0) is 0 Å². The smallest absolute Gasteiger partial charge is 0.193 e. The Hall–Kier alpha value is -1.93. The minimum absolute atomic E-state index is 0.0745. The first-order chi connectivity index (χ1) is 10.1. The van der Waals surface area contributed by atoms with Gasteiger partial charge in [0.25, 0.3) is 0 Å². The van der Waals surface area contributed by atoms with Crippen LogP contribution in [0.3, 0.4) is 0 Å². The molecule has 1 nitrogen and oxygen atoms in total. The number of carbonyl (C=O) groups excluding carboxylic acids is 1. The van der Waals surface area contributed by atoms with Crippen LogP contribution in [-0.4, -0.2) is 5.78 Å². The zero-order valence-corrected chi connectivity index (χ0v) is 13.6. The number of hydrogen-bond donors (Lipinski definition) is 0. The monoisotopic (exact) mass is 338 g/mol. The zero-order chi connectivity index (χ0) is 15.0. The summed E-state index contributed by atoms with van der Waals surface area (Å²) in [6, 6.07) is 17.8. The molecule has 0 atom stereocenters. The molecule has 0 aliphatic rings. The topological polar surface area (TPSA) is 17.1 Å². The Labute approximate surface area is 132 Å². The van der Waals surface area contributed by atoms with Crippen LogP contribution in [0.2, 0.25) is 0 Å². The van der Waals surface area contributed by atoms with Crippen molar-refractivity contribution in [2.24, 2.45) is 0 Å². The first-order valence-corrected chi connectivity index (χ1v) is 7.66. The Morgan fingerprint density at radius 1 is 0.905 bits per heavy atom. The first kappa shape index (κ1) is 14.0. The molecule has 0 aliphatic heterocycles. The van der Waals surface area contributed by atoms with Gasteiger partial charge in [-0.05, 0) is 47.9 Å². The van der Waals surface area contributed by atoms with Gasteiger partial charge in [-0.2, -0.15) is 0 Å². The summed E-state index contributed by atoms with van der Waals surface area (Å²) >= 11 is 3.55. The van der Waals surface area contributed by atoms with Crippen molar-refractivity contribution in [1.82, 2.24) is 0 Å². The van der Waals surface area contributed by atoms with E-state index in [4.69, 9.17) is 0 Å².